The van der Waals surface area contributed by atoms with Crippen LogP contribution in [-0.2, 0) is 10.5 Å². The van der Waals surface area contributed by atoms with Gasteiger partial charge in [0, 0.05) is 11.6 Å². The van der Waals surface area contributed by atoms with Gasteiger partial charge in [0.15, 0.2) is 5.13 Å². The molecule has 0 aliphatic carbocycles. The summed E-state index contributed by atoms with van der Waals surface area (Å²) in [4.78, 5) is 14.3. The molecule has 0 aliphatic rings. The molecule has 1 heterocycles. The molecule has 0 unspecified atom stereocenters. The summed E-state index contributed by atoms with van der Waals surface area (Å²) in [6.07, 6.45) is 1.48. The van der Waals surface area contributed by atoms with Crippen molar-refractivity contribution in [3.63, 3.8) is 0 Å². The van der Waals surface area contributed by atoms with E-state index in [1.807, 2.05) is 0 Å². The van der Waals surface area contributed by atoms with Gasteiger partial charge in [-0.15, -0.1) is 11.3 Å². The number of rotatable bonds is 1. The van der Waals surface area contributed by atoms with Crippen LogP contribution >= 0.6 is 11.3 Å². The van der Waals surface area contributed by atoms with E-state index in [0.717, 1.165) is 0 Å². The number of urea groups is 1. The lowest BCUT2D eigenvalue weighted by Crippen LogP contribution is -2.04. The molecule has 0 fully saturated rings. The molecular formula is C4H3N3O3S2. The number of nitrogens with one attached hydrogen (secondary N) is 1. The van der Waals surface area contributed by atoms with E-state index in [1.54, 1.807) is 5.38 Å². The van der Waals surface area contributed by atoms with Crippen LogP contribution in [-0.4, -0.2) is 19.4 Å². The van der Waals surface area contributed by atoms with Crippen LogP contribution in [0.3, 0.4) is 0 Å². The van der Waals surface area contributed by atoms with E-state index in [2.05, 4.69) is 14.7 Å². The summed E-state index contributed by atoms with van der Waals surface area (Å²) in [6.45, 7) is 0. The van der Waals surface area contributed by atoms with Gasteiger partial charge in [0.1, 0.15) is 0 Å². The Morgan fingerprint density at radius 1 is 1.67 bits per heavy atom. The first-order valence-corrected chi connectivity index (χ1v) is 4.61. The molecule has 0 radical (unpaired) electrons. The van der Waals surface area contributed by atoms with Gasteiger partial charge < -0.3 is 0 Å². The maximum Gasteiger partial charge on any atom is 0.362 e. The summed E-state index contributed by atoms with van der Waals surface area (Å²) in [6, 6.07) is -0.946. The summed E-state index contributed by atoms with van der Waals surface area (Å²) in [5.41, 5.74) is 0. The predicted molar refractivity (Wildman–Crippen MR) is 42.5 cm³/mol. The summed E-state index contributed by atoms with van der Waals surface area (Å²) in [7, 11) is -2.72. The Hall–Kier alpha value is -1.28. The lowest BCUT2D eigenvalue weighted by atomic mass is 10.9. The summed E-state index contributed by atoms with van der Waals surface area (Å²) >= 11 is 1.17. The van der Waals surface area contributed by atoms with Crippen molar-refractivity contribution in [3.8, 4) is 0 Å². The second-order valence-corrected chi connectivity index (χ2v) is 3.09. The molecule has 1 aromatic rings. The number of amides is 2. The molecule has 0 atom stereocenters. The fourth-order valence-corrected chi connectivity index (χ4v) is 1.17. The molecule has 0 spiro atoms. The van der Waals surface area contributed by atoms with E-state index in [1.165, 1.54) is 17.5 Å². The quantitative estimate of drug-likeness (QED) is 0.732. The Morgan fingerprint density at radius 3 is 2.92 bits per heavy atom. The molecule has 1 rings (SSSR count). The third-order valence-corrected chi connectivity index (χ3v) is 1.81. The SMILES string of the molecule is O=C(N=S(=O)=O)Nc1nccs1. The highest BCUT2D eigenvalue weighted by Crippen LogP contribution is 2.09. The van der Waals surface area contributed by atoms with Crippen LogP contribution in [0.1, 0.15) is 0 Å². The van der Waals surface area contributed by atoms with E-state index in [-0.39, 0.29) is 0 Å². The molecule has 1 N–H and O–H groups in total. The molecule has 64 valence electrons. The number of hydrogen-bond donors (Lipinski definition) is 1. The van der Waals surface area contributed by atoms with Gasteiger partial charge in [0.05, 0.1) is 0 Å². The van der Waals surface area contributed by atoms with Gasteiger partial charge in [-0.2, -0.15) is 8.42 Å². The lowest BCUT2D eigenvalue weighted by Gasteiger charge is -1.89. The Bertz CT molecular complexity index is 385. The number of hydrogen-bond acceptors (Lipinski definition) is 5. The molecule has 1 aromatic heterocycles. The van der Waals surface area contributed by atoms with Gasteiger partial charge >= 0.3 is 16.5 Å². The van der Waals surface area contributed by atoms with Crippen molar-refractivity contribution < 1.29 is 13.2 Å². The van der Waals surface area contributed by atoms with Crippen molar-refractivity contribution in [2.75, 3.05) is 5.32 Å². The fourth-order valence-electron chi connectivity index (χ4n) is 0.467. The molecule has 6 nitrogen and oxygen atoms in total. The normalized spacial score (nSPS) is 9.00. The third-order valence-electron chi connectivity index (χ3n) is 0.804. The Balaban J connectivity index is 2.66. The largest absolute Gasteiger partial charge is 0.362 e. The van der Waals surface area contributed by atoms with Crippen LogP contribution in [0.2, 0.25) is 0 Å². The highest BCUT2D eigenvalue weighted by atomic mass is 32.2. The average molecular weight is 205 g/mol. The molecular weight excluding hydrogens is 202 g/mol. The smallest absolute Gasteiger partial charge is 0.281 e. The zero-order valence-electron chi connectivity index (χ0n) is 5.59. The van der Waals surface area contributed by atoms with Crippen molar-refractivity contribution >= 4 is 33.0 Å². The molecule has 0 saturated heterocycles. The van der Waals surface area contributed by atoms with Crippen molar-refractivity contribution in [3.05, 3.63) is 11.6 Å². The standard InChI is InChI=1S/C4H3N3O3S2/c8-3(7-12(9)10)6-4-5-1-2-11-4/h1-2H,(H,5,6,8). The van der Waals surface area contributed by atoms with Gasteiger partial charge in [-0.3, -0.25) is 5.32 Å². The number of thiazole rings is 1. The van der Waals surface area contributed by atoms with E-state index < -0.39 is 16.5 Å². The minimum absolute atomic E-state index is 0.314. The molecule has 2 amide bonds. The summed E-state index contributed by atoms with van der Waals surface area (Å²) < 4.78 is 22.5. The number of carbonyl (C=O) groups excluding carboxylic acids is 1. The number of aromatic nitrogens is 1. The van der Waals surface area contributed by atoms with Gasteiger partial charge in [0.2, 0.25) is 0 Å². The van der Waals surface area contributed by atoms with Gasteiger partial charge in [-0.05, 0) is 0 Å². The van der Waals surface area contributed by atoms with E-state index in [0.29, 0.717) is 5.13 Å². The maximum absolute atomic E-state index is 10.6. The van der Waals surface area contributed by atoms with Crippen LogP contribution in [0.4, 0.5) is 9.93 Å². The van der Waals surface area contributed by atoms with Crippen LogP contribution in [0, 0.1) is 0 Å². The van der Waals surface area contributed by atoms with E-state index in [4.69, 9.17) is 0 Å². The van der Waals surface area contributed by atoms with Crippen LogP contribution < -0.4 is 5.32 Å². The highest BCUT2D eigenvalue weighted by Gasteiger charge is 2.00. The predicted octanol–water partition coefficient (Wildman–Crippen LogP) is 0.738. The first-order valence-electron chi connectivity index (χ1n) is 2.70. The molecule has 0 bridgehead atoms. The summed E-state index contributed by atoms with van der Waals surface area (Å²) in [5.74, 6) is 0. The Labute approximate surface area is 73.0 Å². The Kier molecular flexibility index (Phi) is 2.88. The van der Waals surface area contributed by atoms with Crippen LogP contribution in [0.15, 0.2) is 15.9 Å². The summed E-state index contributed by atoms with van der Waals surface area (Å²) in [5, 5.41) is 4.12. The van der Waals surface area contributed by atoms with Crippen molar-refractivity contribution in [1.29, 1.82) is 0 Å². The zero-order valence-corrected chi connectivity index (χ0v) is 7.22. The highest BCUT2D eigenvalue weighted by molar-refractivity contribution is 7.62. The minimum Gasteiger partial charge on any atom is -0.281 e. The number of carbonyl (C=O) groups is 1. The first kappa shape index (κ1) is 8.81. The van der Waals surface area contributed by atoms with Gasteiger partial charge in [-0.1, -0.05) is 4.36 Å². The fraction of sp³-hybridized carbons (Fsp3) is 0. The maximum atomic E-state index is 10.6. The van der Waals surface area contributed by atoms with Crippen molar-refractivity contribution in [2.45, 2.75) is 0 Å². The zero-order chi connectivity index (χ0) is 8.97. The third kappa shape index (κ3) is 2.76. The number of anilines is 1. The second-order valence-electron chi connectivity index (χ2n) is 1.58. The molecule has 0 aliphatic heterocycles. The van der Waals surface area contributed by atoms with Gasteiger partial charge in [0.25, 0.3) is 0 Å². The van der Waals surface area contributed by atoms with Crippen LogP contribution in [0.5, 0.6) is 0 Å². The molecule has 12 heavy (non-hydrogen) atoms. The second kappa shape index (κ2) is 3.93. The monoisotopic (exact) mass is 205 g/mol. The number of nitrogens with zero attached hydrogens (tertiary/aromatic N) is 2. The van der Waals surface area contributed by atoms with E-state index in [9.17, 15) is 13.2 Å². The van der Waals surface area contributed by atoms with Crippen molar-refractivity contribution in [1.82, 2.24) is 4.98 Å². The molecule has 0 aromatic carbocycles. The first-order chi connectivity index (χ1) is 5.68. The van der Waals surface area contributed by atoms with Crippen molar-refractivity contribution in [2.24, 2.45) is 4.36 Å². The lowest BCUT2D eigenvalue weighted by molar-refractivity contribution is 0.260. The van der Waals surface area contributed by atoms with Crippen LogP contribution in [0.25, 0.3) is 0 Å². The topological polar surface area (TPSA) is 88.5 Å². The minimum atomic E-state index is -2.72. The van der Waals surface area contributed by atoms with E-state index >= 15 is 0 Å². The molecule has 0 saturated carbocycles. The van der Waals surface area contributed by atoms with Gasteiger partial charge in [-0.25, -0.2) is 9.78 Å². The Morgan fingerprint density at radius 2 is 2.42 bits per heavy atom. The average Bonchev–Trinajstić information content (AvgIpc) is 2.37. The molecule has 8 heteroatoms.